The van der Waals surface area contributed by atoms with Crippen LogP contribution in [-0.4, -0.2) is 51.9 Å². The van der Waals surface area contributed by atoms with Gasteiger partial charge in [-0.25, -0.2) is 4.79 Å². The Morgan fingerprint density at radius 1 is 1.06 bits per heavy atom. The van der Waals surface area contributed by atoms with Gasteiger partial charge in [0.15, 0.2) is 0 Å². The number of hydrogen-bond acceptors (Lipinski definition) is 5. The van der Waals surface area contributed by atoms with Crippen molar-refractivity contribution >= 4 is 23.8 Å². The molecule has 0 spiro atoms. The van der Waals surface area contributed by atoms with E-state index < -0.39 is 47.6 Å². The number of carbonyl (C=O) groups is 4. The highest BCUT2D eigenvalue weighted by molar-refractivity contribution is 5.95. The highest BCUT2D eigenvalue weighted by atomic mass is 16.6. The maximum absolute atomic E-state index is 13.9. The number of rotatable bonds is 8. The Labute approximate surface area is 208 Å². The predicted octanol–water partition coefficient (Wildman–Crippen LogP) is 3.10. The predicted molar refractivity (Wildman–Crippen MR) is 133 cm³/mol. The Morgan fingerprint density at radius 3 is 2.06 bits per heavy atom. The standard InChI is InChI=1S/C26H40N4O5/c1-16-11-13-17(14-12-16)21(22(32)29-25(2,3)4)30(18-9-8-10-18)23(33)19(15-20(27)31)28-24(34)35-26(5,6)7/h11-14,18-19,21H,8-10,15H2,1-7H3,(H2,27,31)(H,28,34)(H,29,32). The van der Waals surface area contributed by atoms with E-state index in [1.807, 2.05) is 52.0 Å². The van der Waals surface area contributed by atoms with Gasteiger partial charge in [0.05, 0.1) is 6.42 Å². The summed E-state index contributed by atoms with van der Waals surface area (Å²) < 4.78 is 5.30. The van der Waals surface area contributed by atoms with Gasteiger partial charge in [-0.05, 0) is 73.3 Å². The summed E-state index contributed by atoms with van der Waals surface area (Å²) in [7, 11) is 0. The van der Waals surface area contributed by atoms with Crippen molar-refractivity contribution in [1.82, 2.24) is 15.5 Å². The van der Waals surface area contributed by atoms with E-state index in [0.717, 1.165) is 12.0 Å². The number of nitrogens with one attached hydrogen (secondary N) is 2. The molecule has 0 saturated heterocycles. The molecule has 1 aromatic rings. The number of benzene rings is 1. The minimum absolute atomic E-state index is 0.213. The lowest BCUT2D eigenvalue weighted by atomic mass is 9.87. The lowest BCUT2D eigenvalue weighted by molar-refractivity contribution is -0.148. The second-order valence-corrected chi connectivity index (χ2v) is 11.3. The number of hydrogen-bond donors (Lipinski definition) is 3. The van der Waals surface area contributed by atoms with Crippen LogP contribution in [0.1, 0.15) is 84.4 Å². The van der Waals surface area contributed by atoms with Crippen molar-refractivity contribution in [2.45, 2.75) is 103 Å². The van der Waals surface area contributed by atoms with Crippen molar-refractivity contribution in [2.24, 2.45) is 5.73 Å². The molecule has 1 aromatic carbocycles. The molecule has 2 atom stereocenters. The lowest BCUT2D eigenvalue weighted by Gasteiger charge is -2.44. The van der Waals surface area contributed by atoms with Crippen molar-refractivity contribution < 1.29 is 23.9 Å². The molecule has 4 N–H and O–H groups in total. The maximum Gasteiger partial charge on any atom is 0.408 e. The number of carbonyl (C=O) groups excluding carboxylic acids is 4. The van der Waals surface area contributed by atoms with Crippen LogP contribution in [0.3, 0.4) is 0 Å². The topological polar surface area (TPSA) is 131 Å². The van der Waals surface area contributed by atoms with Crippen LogP contribution in [0.5, 0.6) is 0 Å². The monoisotopic (exact) mass is 488 g/mol. The number of nitrogens with zero attached hydrogens (tertiary/aromatic N) is 1. The largest absolute Gasteiger partial charge is 0.444 e. The van der Waals surface area contributed by atoms with Gasteiger partial charge in [-0.1, -0.05) is 29.8 Å². The van der Waals surface area contributed by atoms with Crippen molar-refractivity contribution in [2.75, 3.05) is 0 Å². The molecule has 194 valence electrons. The molecule has 0 radical (unpaired) electrons. The van der Waals surface area contributed by atoms with Gasteiger partial charge in [0, 0.05) is 11.6 Å². The highest BCUT2D eigenvalue weighted by Gasteiger charge is 2.42. The van der Waals surface area contributed by atoms with Gasteiger partial charge in [-0.3, -0.25) is 14.4 Å². The van der Waals surface area contributed by atoms with Crippen LogP contribution in [0, 0.1) is 6.92 Å². The fourth-order valence-electron chi connectivity index (χ4n) is 3.84. The number of amides is 4. The van der Waals surface area contributed by atoms with Crippen LogP contribution < -0.4 is 16.4 Å². The van der Waals surface area contributed by atoms with Gasteiger partial charge in [0.1, 0.15) is 17.7 Å². The van der Waals surface area contributed by atoms with Gasteiger partial charge in [-0.2, -0.15) is 0 Å². The van der Waals surface area contributed by atoms with E-state index in [1.165, 1.54) is 4.90 Å². The molecule has 1 saturated carbocycles. The first-order valence-corrected chi connectivity index (χ1v) is 12.1. The lowest BCUT2D eigenvalue weighted by Crippen LogP contribution is -2.59. The van der Waals surface area contributed by atoms with Crippen LogP contribution in [0.25, 0.3) is 0 Å². The SMILES string of the molecule is Cc1ccc(C(C(=O)NC(C)(C)C)N(C(=O)C(CC(N)=O)NC(=O)OC(C)(C)C)C2CCC2)cc1. The molecular formula is C26H40N4O5. The van der Waals surface area contributed by atoms with Crippen LogP contribution in [-0.2, 0) is 19.1 Å². The van der Waals surface area contributed by atoms with Crippen molar-refractivity contribution in [1.29, 1.82) is 0 Å². The van der Waals surface area contributed by atoms with Crippen molar-refractivity contribution in [3.05, 3.63) is 35.4 Å². The summed E-state index contributed by atoms with van der Waals surface area (Å²) in [5.41, 5.74) is 5.76. The van der Waals surface area contributed by atoms with Crippen LogP contribution in [0.15, 0.2) is 24.3 Å². The summed E-state index contributed by atoms with van der Waals surface area (Å²) in [6, 6.07) is 5.00. The van der Waals surface area contributed by atoms with Crippen LogP contribution in [0.4, 0.5) is 4.79 Å². The molecule has 0 bridgehead atoms. The first kappa shape index (κ1) is 28.1. The smallest absolute Gasteiger partial charge is 0.408 e. The van der Waals surface area contributed by atoms with Crippen LogP contribution >= 0.6 is 0 Å². The fraction of sp³-hybridized carbons (Fsp3) is 0.615. The highest BCUT2D eigenvalue weighted by Crippen LogP contribution is 2.34. The zero-order chi connectivity index (χ0) is 26.6. The third-order valence-electron chi connectivity index (χ3n) is 5.53. The number of primary amides is 1. The van der Waals surface area contributed by atoms with Gasteiger partial charge in [0.2, 0.25) is 17.7 Å². The van der Waals surface area contributed by atoms with E-state index >= 15 is 0 Å². The molecule has 2 unspecified atom stereocenters. The average molecular weight is 489 g/mol. The molecule has 0 aliphatic heterocycles. The van der Waals surface area contributed by atoms with Gasteiger partial charge in [0.25, 0.3) is 0 Å². The Hall–Kier alpha value is -3.10. The summed E-state index contributed by atoms with van der Waals surface area (Å²) in [5, 5.41) is 5.49. The molecule has 9 heteroatoms. The van der Waals surface area contributed by atoms with Crippen molar-refractivity contribution in [3.63, 3.8) is 0 Å². The van der Waals surface area contributed by atoms with Crippen LogP contribution in [0.2, 0.25) is 0 Å². The van der Waals surface area contributed by atoms with E-state index in [4.69, 9.17) is 10.5 Å². The minimum Gasteiger partial charge on any atom is -0.444 e. The number of ether oxygens (including phenoxy) is 1. The number of nitrogens with two attached hydrogens (primary N) is 1. The number of aryl methyl sites for hydroxylation is 1. The summed E-state index contributed by atoms with van der Waals surface area (Å²) in [6.07, 6.45) is 1.09. The molecule has 9 nitrogen and oxygen atoms in total. The Bertz CT molecular complexity index is 927. The molecule has 1 aliphatic carbocycles. The molecule has 0 aromatic heterocycles. The van der Waals surface area contributed by atoms with E-state index in [2.05, 4.69) is 10.6 Å². The average Bonchev–Trinajstić information content (AvgIpc) is 2.63. The summed E-state index contributed by atoms with van der Waals surface area (Å²) in [4.78, 5) is 53.4. The van der Waals surface area contributed by atoms with Gasteiger partial charge in [-0.15, -0.1) is 0 Å². The summed E-state index contributed by atoms with van der Waals surface area (Å²) in [6.45, 7) is 12.6. The molecule has 2 rings (SSSR count). The van der Waals surface area contributed by atoms with Gasteiger partial charge < -0.3 is 26.0 Å². The van der Waals surface area contributed by atoms with E-state index in [9.17, 15) is 19.2 Å². The normalized spacial score (nSPS) is 15.9. The van der Waals surface area contributed by atoms with E-state index in [0.29, 0.717) is 18.4 Å². The van der Waals surface area contributed by atoms with Gasteiger partial charge >= 0.3 is 6.09 Å². The summed E-state index contributed by atoms with van der Waals surface area (Å²) >= 11 is 0. The number of alkyl carbamates (subject to hydrolysis) is 1. The Balaban J connectivity index is 2.50. The molecule has 35 heavy (non-hydrogen) atoms. The van der Waals surface area contributed by atoms with Crippen molar-refractivity contribution in [3.8, 4) is 0 Å². The third-order valence-corrected chi connectivity index (χ3v) is 5.53. The molecule has 0 heterocycles. The first-order chi connectivity index (χ1) is 16.1. The molecule has 4 amide bonds. The Morgan fingerprint density at radius 2 is 1.63 bits per heavy atom. The summed E-state index contributed by atoms with van der Waals surface area (Å²) in [5.74, 6) is -1.63. The second kappa shape index (κ2) is 11.1. The zero-order valence-electron chi connectivity index (χ0n) is 21.9. The quantitative estimate of drug-likeness (QED) is 0.517. The molecule has 1 fully saturated rings. The van der Waals surface area contributed by atoms with E-state index in [1.54, 1.807) is 20.8 Å². The minimum atomic E-state index is -1.27. The fourth-order valence-corrected chi connectivity index (χ4v) is 3.84. The molecule has 1 aliphatic rings. The van der Waals surface area contributed by atoms with E-state index in [-0.39, 0.29) is 11.9 Å². The second-order valence-electron chi connectivity index (χ2n) is 11.3. The Kier molecular flexibility index (Phi) is 8.92. The molecular weight excluding hydrogens is 448 g/mol. The maximum atomic E-state index is 13.9. The zero-order valence-corrected chi connectivity index (χ0v) is 21.9. The third kappa shape index (κ3) is 8.56. The first-order valence-electron chi connectivity index (χ1n) is 12.1.